The third kappa shape index (κ3) is 7.01. The second-order valence-corrected chi connectivity index (χ2v) is 12.7. The van der Waals surface area contributed by atoms with Crippen molar-refractivity contribution in [3.63, 3.8) is 0 Å². The summed E-state index contributed by atoms with van der Waals surface area (Å²) in [6.45, 7) is 4.06. The topological polar surface area (TPSA) is 102 Å². The first-order valence-corrected chi connectivity index (χ1v) is 14.6. The van der Waals surface area contributed by atoms with Crippen molar-refractivity contribution >= 4 is 21.6 Å². The molecule has 4 rings (SSSR count). The summed E-state index contributed by atoms with van der Waals surface area (Å²) in [5.41, 5.74) is 10.8. The zero-order valence-corrected chi connectivity index (χ0v) is 23.1. The first-order valence-electron chi connectivity index (χ1n) is 13.0. The van der Waals surface area contributed by atoms with Crippen LogP contribution in [0, 0.1) is 0 Å². The van der Waals surface area contributed by atoms with Crippen LogP contribution < -0.4 is 15.4 Å². The lowest BCUT2D eigenvalue weighted by molar-refractivity contribution is 0.0789. The van der Waals surface area contributed by atoms with Gasteiger partial charge < -0.3 is 15.8 Å². The van der Waals surface area contributed by atoms with Gasteiger partial charge in [0.25, 0.3) is 5.91 Å². The summed E-state index contributed by atoms with van der Waals surface area (Å²) in [4.78, 5) is 13.6. The van der Waals surface area contributed by atoms with Crippen LogP contribution in [0.25, 0.3) is 0 Å². The fourth-order valence-electron chi connectivity index (χ4n) is 4.80. The molecular weight excluding hydrogens is 498 g/mol. The van der Waals surface area contributed by atoms with Crippen molar-refractivity contribution in [3.05, 3.63) is 101 Å². The largest absolute Gasteiger partial charge is 0.375 e. The van der Waals surface area contributed by atoms with E-state index in [4.69, 9.17) is 10.5 Å². The molecule has 2 unspecified atom stereocenters. The minimum atomic E-state index is -3.52. The Morgan fingerprint density at radius 1 is 1.03 bits per heavy atom. The van der Waals surface area contributed by atoms with Gasteiger partial charge in [0.05, 0.1) is 30.7 Å². The molecule has 3 N–H and O–H groups in total. The molecule has 1 amide bonds. The standard InChI is InChI=1S/C30H37N3O4S/c1-4-38(35,36)33(3)27-17-24-16-26(18-27)29(34)32-28(25-11-6-5-7-12-25)14-13-22-9-8-10-23(15-22)19-30(2,31)21-37-20-24/h5-12,15-18,28H,4,13-14,19-21,31H2,1-3H3,(H,32,34). The smallest absolute Gasteiger partial charge is 0.251 e. The van der Waals surface area contributed by atoms with Crippen LogP contribution in [0.15, 0.2) is 72.8 Å². The first-order chi connectivity index (χ1) is 18.1. The molecular formula is C30H37N3O4S. The summed E-state index contributed by atoms with van der Waals surface area (Å²) in [6, 6.07) is 23.2. The van der Waals surface area contributed by atoms with E-state index in [1.165, 1.54) is 16.9 Å². The Morgan fingerprint density at radius 2 is 1.76 bits per heavy atom. The van der Waals surface area contributed by atoms with E-state index >= 15 is 0 Å². The molecule has 2 atom stereocenters. The van der Waals surface area contributed by atoms with Gasteiger partial charge in [-0.3, -0.25) is 9.10 Å². The molecule has 3 aromatic carbocycles. The molecule has 202 valence electrons. The Labute approximate surface area is 226 Å². The third-order valence-corrected chi connectivity index (χ3v) is 8.69. The maximum atomic E-state index is 13.6. The normalized spacial score (nSPS) is 20.9. The van der Waals surface area contributed by atoms with Gasteiger partial charge in [-0.1, -0.05) is 54.6 Å². The maximum absolute atomic E-state index is 13.6. The summed E-state index contributed by atoms with van der Waals surface area (Å²) < 4.78 is 32.5. The highest BCUT2D eigenvalue weighted by molar-refractivity contribution is 7.92. The number of benzene rings is 3. The van der Waals surface area contributed by atoms with Gasteiger partial charge in [-0.05, 0) is 73.6 Å². The molecule has 0 spiro atoms. The van der Waals surface area contributed by atoms with Gasteiger partial charge >= 0.3 is 0 Å². The van der Waals surface area contributed by atoms with Crippen molar-refractivity contribution in [2.75, 3.05) is 23.7 Å². The van der Waals surface area contributed by atoms with Crippen molar-refractivity contribution in [2.24, 2.45) is 5.73 Å². The predicted molar refractivity (Wildman–Crippen MR) is 152 cm³/mol. The van der Waals surface area contributed by atoms with Gasteiger partial charge in [0.15, 0.2) is 0 Å². The Balaban J connectivity index is 1.74. The van der Waals surface area contributed by atoms with E-state index < -0.39 is 15.6 Å². The van der Waals surface area contributed by atoms with Crippen molar-refractivity contribution in [1.29, 1.82) is 0 Å². The molecule has 8 heteroatoms. The summed E-state index contributed by atoms with van der Waals surface area (Å²) in [6.07, 6.45) is 2.13. The molecule has 0 radical (unpaired) electrons. The molecule has 1 aliphatic rings. The molecule has 0 aliphatic carbocycles. The van der Waals surface area contributed by atoms with Crippen LogP contribution in [0.3, 0.4) is 0 Å². The lowest BCUT2D eigenvalue weighted by Crippen LogP contribution is -2.43. The molecule has 0 saturated carbocycles. The number of amides is 1. The number of nitrogens with two attached hydrogens (primary N) is 1. The van der Waals surface area contributed by atoms with Gasteiger partial charge in [-0.2, -0.15) is 0 Å². The van der Waals surface area contributed by atoms with E-state index in [2.05, 4.69) is 23.5 Å². The second kappa shape index (κ2) is 11.7. The lowest BCUT2D eigenvalue weighted by atomic mass is 9.92. The Hall–Kier alpha value is -3.20. The number of hydrogen-bond donors (Lipinski definition) is 2. The van der Waals surface area contributed by atoms with Crippen LogP contribution in [-0.2, 0) is 34.2 Å². The van der Waals surface area contributed by atoms with E-state index in [0.717, 1.165) is 17.5 Å². The minimum Gasteiger partial charge on any atom is -0.375 e. The SMILES string of the molecule is CCS(=O)(=O)N(C)c1cc2cc(c1)C(=O)NC(c1ccccc1)CCc1cccc(c1)CC(C)(N)COC2. The molecule has 0 fully saturated rings. The summed E-state index contributed by atoms with van der Waals surface area (Å²) in [5.74, 6) is -0.318. The third-order valence-electron chi connectivity index (χ3n) is 6.91. The molecule has 38 heavy (non-hydrogen) atoms. The Bertz CT molecular complexity index is 1370. The number of nitrogens with zero attached hydrogens (tertiary/aromatic N) is 1. The van der Waals surface area contributed by atoms with Crippen molar-refractivity contribution in [2.45, 2.75) is 51.3 Å². The number of aryl methyl sites for hydroxylation is 1. The van der Waals surface area contributed by atoms with Crippen molar-refractivity contribution < 1.29 is 17.9 Å². The number of rotatable bonds is 4. The summed E-state index contributed by atoms with van der Waals surface area (Å²) in [5, 5.41) is 3.20. The van der Waals surface area contributed by atoms with Gasteiger partial charge in [0, 0.05) is 18.2 Å². The number of carbonyl (C=O) groups excluding carboxylic acids is 1. The van der Waals surface area contributed by atoms with Gasteiger partial charge in [-0.25, -0.2) is 8.42 Å². The summed E-state index contributed by atoms with van der Waals surface area (Å²) >= 11 is 0. The Kier molecular flexibility index (Phi) is 8.55. The zero-order chi connectivity index (χ0) is 27.3. The van der Waals surface area contributed by atoms with E-state index in [-0.39, 0.29) is 24.3 Å². The van der Waals surface area contributed by atoms with Crippen LogP contribution in [0.2, 0.25) is 0 Å². The number of hydrogen-bond acceptors (Lipinski definition) is 5. The van der Waals surface area contributed by atoms with Gasteiger partial charge in [0.1, 0.15) is 0 Å². The molecule has 1 aliphatic heterocycles. The van der Waals surface area contributed by atoms with Crippen LogP contribution in [0.5, 0.6) is 0 Å². The van der Waals surface area contributed by atoms with Crippen LogP contribution in [-0.4, -0.2) is 39.3 Å². The number of carbonyl (C=O) groups is 1. The fraction of sp³-hybridized carbons (Fsp3) is 0.367. The highest BCUT2D eigenvalue weighted by Crippen LogP contribution is 2.25. The zero-order valence-electron chi connectivity index (χ0n) is 22.3. The molecule has 7 nitrogen and oxygen atoms in total. The molecule has 1 heterocycles. The van der Waals surface area contributed by atoms with Crippen molar-refractivity contribution in [1.82, 2.24) is 5.32 Å². The van der Waals surface area contributed by atoms with E-state index in [9.17, 15) is 13.2 Å². The lowest BCUT2D eigenvalue weighted by Gasteiger charge is -2.26. The average molecular weight is 536 g/mol. The number of sulfonamides is 1. The highest BCUT2D eigenvalue weighted by atomic mass is 32.2. The monoisotopic (exact) mass is 535 g/mol. The number of nitrogens with one attached hydrogen (secondary N) is 1. The maximum Gasteiger partial charge on any atom is 0.251 e. The summed E-state index contributed by atoms with van der Waals surface area (Å²) in [7, 11) is -2.01. The van der Waals surface area contributed by atoms with Gasteiger partial charge in [-0.15, -0.1) is 0 Å². The van der Waals surface area contributed by atoms with E-state index in [1.807, 2.05) is 43.3 Å². The first kappa shape index (κ1) is 27.8. The molecule has 3 aromatic rings. The fourth-order valence-corrected chi connectivity index (χ4v) is 5.61. The molecule has 0 aromatic heterocycles. The van der Waals surface area contributed by atoms with Crippen LogP contribution in [0.4, 0.5) is 5.69 Å². The van der Waals surface area contributed by atoms with E-state index in [1.54, 1.807) is 25.1 Å². The molecule has 4 bridgehead atoms. The van der Waals surface area contributed by atoms with Crippen LogP contribution in [0.1, 0.15) is 58.9 Å². The molecule has 0 saturated heterocycles. The Morgan fingerprint density at radius 3 is 2.50 bits per heavy atom. The predicted octanol–water partition coefficient (Wildman–Crippen LogP) is 4.37. The average Bonchev–Trinajstić information content (AvgIpc) is 2.90. The highest BCUT2D eigenvalue weighted by Gasteiger charge is 2.23. The van der Waals surface area contributed by atoms with Crippen LogP contribution >= 0.6 is 0 Å². The minimum absolute atomic E-state index is 0.0481. The number of fused-ring (bicyclic) bond motifs is 4. The number of anilines is 1. The number of ether oxygens (including phenoxy) is 1. The quantitative estimate of drug-likeness (QED) is 0.517. The second-order valence-electron chi connectivity index (χ2n) is 10.4. The van der Waals surface area contributed by atoms with Crippen molar-refractivity contribution in [3.8, 4) is 0 Å². The van der Waals surface area contributed by atoms with Gasteiger partial charge in [0.2, 0.25) is 10.0 Å². The van der Waals surface area contributed by atoms with E-state index in [0.29, 0.717) is 36.3 Å².